The van der Waals surface area contributed by atoms with Crippen molar-refractivity contribution in [3.8, 4) is 16.8 Å². The Kier molecular flexibility index (Phi) is 18.2. The number of anilines is 6. The Balaban J connectivity index is 0.963. The molecule has 17 aromatic carbocycles. The molecule has 18 aromatic rings. The van der Waals surface area contributed by atoms with Gasteiger partial charge in [0.1, 0.15) is 0 Å². The van der Waals surface area contributed by atoms with Gasteiger partial charge in [0.25, 0.3) is 6.71 Å². The highest BCUT2D eigenvalue weighted by molar-refractivity contribution is 7.21. The van der Waals surface area contributed by atoms with Gasteiger partial charge in [-0.1, -0.05) is 412 Å². The number of rotatable bonds is 16. The molecule has 7 heteroatoms. The van der Waals surface area contributed by atoms with Crippen molar-refractivity contribution >= 4 is 165 Å². The summed E-state index contributed by atoms with van der Waals surface area (Å²) in [6, 6.07) is 169. The second kappa shape index (κ2) is 29.3. The molecule has 0 spiro atoms. The Morgan fingerprint density at radius 2 is 0.513 bits per heavy atom. The lowest BCUT2D eigenvalue weighted by Crippen LogP contribution is -2.76. The molecule has 2 aliphatic rings. The molecule has 0 amide bonds. The van der Waals surface area contributed by atoms with Crippen LogP contribution in [0, 0.1) is 0 Å². The van der Waals surface area contributed by atoms with Crippen LogP contribution in [0.2, 0.25) is 0 Å². The standard InChI is InChI=1S/C110H90BN3Si3/c1-109(2,3)80-61-69-102-97(73-80)98-74-81(110(4,5)6)62-70-103(98)113(102)83-75-106-108-107(76-83)114(101-60-38-37-59-96(101)79-39-17-7-18-40-79)105-72-68-95(117(90-53-31-14-32-54-90,91-55-33-15-34-56-91)92-57-35-16-36-58-92)78-100(105)111(108)99-77-94(116(87-47-25-11-26-48-87,88-49-27-12-28-50-88)89-51-29-13-30-52-89)67-71-104(99)112(106)82-63-65-93(66-64-82)115(84-41-19-8-20-42-84,85-43-21-9-22-44-85)86-45-23-10-24-46-86/h7-78H,1-6H3. The van der Waals surface area contributed by atoms with E-state index in [1.165, 1.54) is 112 Å². The first-order valence-electron chi connectivity index (χ1n) is 41.2. The van der Waals surface area contributed by atoms with Gasteiger partial charge in [-0.25, -0.2) is 0 Å². The molecule has 2 aliphatic heterocycles. The average Bonchev–Trinajstić information content (AvgIpc) is 1.27. The molecule has 0 unspecified atom stereocenters. The lowest BCUT2D eigenvalue weighted by atomic mass is 9.33. The molecule has 1 aromatic heterocycles. The molecule has 560 valence electrons. The van der Waals surface area contributed by atoms with Crippen molar-refractivity contribution in [2.75, 3.05) is 9.80 Å². The Bertz CT molecular complexity index is 6320. The Morgan fingerprint density at radius 3 is 0.863 bits per heavy atom. The zero-order chi connectivity index (χ0) is 79.0. The Morgan fingerprint density at radius 1 is 0.222 bits per heavy atom. The topological polar surface area (TPSA) is 11.4 Å². The molecule has 0 saturated carbocycles. The lowest BCUT2D eigenvalue weighted by molar-refractivity contribution is 0.590. The summed E-state index contributed by atoms with van der Waals surface area (Å²) in [5, 5.41) is 18.4. The molecule has 0 fully saturated rings. The SMILES string of the molecule is CC(C)(C)c1ccc2c(c1)c1cc(C(C)(C)C)ccc1n2-c1cc2c3c(c1)N(c1ccccc1-c1ccccc1)c1ccc([Si](c4ccccc4)(c4ccccc4)c4ccccc4)cc1B3c1cc([Si](c3ccccc3)(c3ccccc3)c3ccccc3)ccc1N2c1ccc([Si](c2ccccc2)(c2ccccc2)c2ccccc2)cc1. The summed E-state index contributed by atoms with van der Waals surface area (Å²) < 4.78 is 2.60. The first kappa shape index (κ1) is 72.8. The third-order valence-corrected chi connectivity index (χ3v) is 39.7. The molecule has 3 nitrogen and oxygen atoms in total. The molecule has 0 saturated heterocycles. The summed E-state index contributed by atoms with van der Waals surface area (Å²) in [7, 11) is -9.50. The van der Waals surface area contributed by atoms with Gasteiger partial charge in [-0.2, -0.15) is 0 Å². The summed E-state index contributed by atoms with van der Waals surface area (Å²) in [6.07, 6.45) is 0. The van der Waals surface area contributed by atoms with Crippen LogP contribution in [0.25, 0.3) is 38.6 Å². The molecular weight excluding hydrogens is 1460 g/mol. The highest BCUT2D eigenvalue weighted by Crippen LogP contribution is 2.49. The van der Waals surface area contributed by atoms with Crippen LogP contribution in [0.3, 0.4) is 0 Å². The fourth-order valence-electron chi connectivity index (χ4n) is 19.9. The van der Waals surface area contributed by atoms with Crippen LogP contribution in [0.5, 0.6) is 0 Å². The van der Waals surface area contributed by atoms with Crippen LogP contribution in [-0.4, -0.2) is 35.5 Å². The summed E-state index contributed by atoms with van der Waals surface area (Å²) >= 11 is 0. The van der Waals surface area contributed by atoms with Gasteiger partial charge >= 0.3 is 0 Å². The monoisotopic (exact) mass is 1550 g/mol. The minimum Gasteiger partial charge on any atom is -0.311 e. The second-order valence-electron chi connectivity index (χ2n) is 33.8. The largest absolute Gasteiger partial charge is 0.311 e. The number of aromatic nitrogens is 1. The number of para-hydroxylation sites is 1. The van der Waals surface area contributed by atoms with E-state index in [9.17, 15) is 0 Å². The van der Waals surface area contributed by atoms with Gasteiger partial charge in [-0.05, 0) is 173 Å². The van der Waals surface area contributed by atoms with E-state index < -0.39 is 24.2 Å². The van der Waals surface area contributed by atoms with Crippen molar-refractivity contribution in [2.24, 2.45) is 0 Å². The van der Waals surface area contributed by atoms with Gasteiger partial charge in [0.2, 0.25) is 0 Å². The van der Waals surface area contributed by atoms with Crippen molar-refractivity contribution in [1.29, 1.82) is 0 Å². The minimum absolute atomic E-state index is 0.0965. The third kappa shape index (κ3) is 12.0. The predicted octanol–water partition coefficient (Wildman–Crippen LogP) is 17.3. The van der Waals surface area contributed by atoms with Crippen LogP contribution < -0.4 is 88.4 Å². The van der Waals surface area contributed by atoms with Crippen LogP contribution in [0.15, 0.2) is 437 Å². The van der Waals surface area contributed by atoms with Gasteiger partial charge in [-0.15, -0.1) is 0 Å². The Hall–Kier alpha value is -13.1. The first-order valence-corrected chi connectivity index (χ1v) is 47.2. The molecular formula is C110H90BN3Si3. The molecule has 0 atom stereocenters. The molecule has 0 aliphatic carbocycles. The predicted molar refractivity (Wildman–Crippen MR) is 508 cm³/mol. The number of nitrogens with zero attached hydrogens (tertiary/aromatic N) is 3. The molecule has 3 heterocycles. The van der Waals surface area contributed by atoms with Crippen LogP contribution >= 0.6 is 0 Å². The quantitative estimate of drug-likeness (QED) is 0.0706. The van der Waals surface area contributed by atoms with Gasteiger partial charge < -0.3 is 14.4 Å². The average molecular weight is 1550 g/mol. The van der Waals surface area contributed by atoms with Gasteiger partial charge in [0.05, 0.1) is 22.4 Å². The van der Waals surface area contributed by atoms with E-state index in [1.807, 2.05) is 0 Å². The maximum absolute atomic E-state index is 3.24. The fourth-order valence-corrected chi connectivity index (χ4v) is 34.3. The maximum Gasteiger partial charge on any atom is 0.252 e. The Labute approximate surface area is 691 Å². The normalized spacial score (nSPS) is 12.8. The minimum atomic E-state index is -3.24. The molecule has 0 radical (unpaired) electrons. The van der Waals surface area contributed by atoms with Crippen molar-refractivity contribution < 1.29 is 0 Å². The van der Waals surface area contributed by atoms with E-state index in [-0.39, 0.29) is 17.5 Å². The summed E-state index contributed by atoms with van der Waals surface area (Å²) in [6.45, 7) is 13.7. The molecule has 20 rings (SSSR count). The summed E-state index contributed by atoms with van der Waals surface area (Å²) in [4.78, 5) is 5.37. The van der Waals surface area contributed by atoms with E-state index in [2.05, 4.69) is 493 Å². The zero-order valence-electron chi connectivity index (χ0n) is 67.0. The molecule has 117 heavy (non-hydrogen) atoms. The molecule has 0 N–H and O–H groups in total. The lowest BCUT2D eigenvalue weighted by Gasteiger charge is -2.46. The molecule has 0 bridgehead atoms. The van der Waals surface area contributed by atoms with Crippen LogP contribution in [0.4, 0.5) is 34.1 Å². The fraction of sp³-hybridized carbons (Fsp3) is 0.0727. The van der Waals surface area contributed by atoms with Crippen molar-refractivity contribution in [3.63, 3.8) is 0 Å². The van der Waals surface area contributed by atoms with E-state index in [0.29, 0.717) is 0 Å². The highest BCUT2D eigenvalue weighted by Gasteiger charge is 2.50. The number of hydrogen-bond donors (Lipinski definition) is 0. The van der Waals surface area contributed by atoms with E-state index in [1.54, 1.807) is 0 Å². The third-order valence-electron chi connectivity index (χ3n) is 25.3. The van der Waals surface area contributed by atoms with Crippen molar-refractivity contribution in [3.05, 3.63) is 448 Å². The van der Waals surface area contributed by atoms with Crippen LogP contribution in [-0.2, 0) is 10.8 Å². The summed E-state index contributed by atoms with van der Waals surface area (Å²) in [5.74, 6) is 0. The van der Waals surface area contributed by atoms with Crippen molar-refractivity contribution in [2.45, 2.75) is 52.4 Å². The van der Waals surface area contributed by atoms with Crippen molar-refractivity contribution in [1.82, 2.24) is 4.57 Å². The van der Waals surface area contributed by atoms with E-state index in [0.717, 1.165) is 50.9 Å². The summed E-state index contributed by atoms with van der Waals surface area (Å²) in [5.41, 5.74) is 18.6. The van der Waals surface area contributed by atoms with Gasteiger partial charge in [-0.3, -0.25) is 0 Å². The van der Waals surface area contributed by atoms with Gasteiger partial charge in [0, 0.05) is 44.8 Å². The van der Waals surface area contributed by atoms with Gasteiger partial charge in [0.15, 0.2) is 24.2 Å². The second-order valence-corrected chi connectivity index (χ2v) is 45.3. The number of fused-ring (bicyclic) bond motifs is 7. The highest BCUT2D eigenvalue weighted by atomic mass is 28.3. The first-order chi connectivity index (χ1) is 57.3. The smallest absolute Gasteiger partial charge is 0.252 e. The maximum atomic E-state index is 2.71. The van der Waals surface area contributed by atoms with Crippen LogP contribution in [0.1, 0.15) is 52.7 Å². The zero-order valence-corrected chi connectivity index (χ0v) is 70.0. The number of hydrogen-bond acceptors (Lipinski definition) is 2. The number of benzene rings is 17. The van der Waals surface area contributed by atoms with E-state index in [4.69, 9.17) is 0 Å². The van der Waals surface area contributed by atoms with E-state index >= 15 is 0 Å².